The molecule has 1 unspecified atom stereocenters. The predicted octanol–water partition coefficient (Wildman–Crippen LogP) is 4.61. The molecule has 2 nitrogen and oxygen atoms in total. The van der Waals surface area contributed by atoms with E-state index in [2.05, 4.69) is 27.9 Å². The molecule has 0 aliphatic carbocycles. The molecule has 0 heterocycles. The maximum Gasteiger partial charge on any atom is 0.132 e. The van der Waals surface area contributed by atoms with E-state index < -0.39 is 0 Å². The zero-order valence-corrected chi connectivity index (χ0v) is 12.9. The molecular formula is C15H15FINO. The van der Waals surface area contributed by atoms with Gasteiger partial charge in [-0.15, -0.1) is 0 Å². The van der Waals surface area contributed by atoms with Crippen molar-refractivity contribution in [2.24, 2.45) is 0 Å². The van der Waals surface area contributed by atoms with Crippen LogP contribution in [-0.4, -0.2) is 7.11 Å². The van der Waals surface area contributed by atoms with Crippen LogP contribution in [0.3, 0.4) is 0 Å². The fraction of sp³-hybridized carbons (Fsp3) is 0.200. The number of benzene rings is 2. The Balaban J connectivity index is 2.18. The molecule has 4 heteroatoms. The summed E-state index contributed by atoms with van der Waals surface area (Å²) >= 11 is 2.25. The highest BCUT2D eigenvalue weighted by Gasteiger charge is 2.11. The highest BCUT2D eigenvalue weighted by molar-refractivity contribution is 14.1. The van der Waals surface area contributed by atoms with Crippen LogP contribution in [-0.2, 0) is 0 Å². The normalized spacial score (nSPS) is 12.0. The minimum Gasteiger partial charge on any atom is -0.497 e. The summed E-state index contributed by atoms with van der Waals surface area (Å²) in [6, 6.07) is 12.8. The van der Waals surface area contributed by atoms with E-state index in [-0.39, 0.29) is 11.9 Å². The lowest BCUT2D eigenvalue weighted by molar-refractivity contribution is 0.410. The SMILES string of the molecule is COc1ccc(C(C)Nc2cccc(I)c2)c(F)c1. The van der Waals surface area contributed by atoms with Gasteiger partial charge in [0.1, 0.15) is 11.6 Å². The molecule has 19 heavy (non-hydrogen) atoms. The van der Waals surface area contributed by atoms with Crippen LogP contribution in [0.4, 0.5) is 10.1 Å². The summed E-state index contributed by atoms with van der Waals surface area (Å²) in [4.78, 5) is 0. The summed E-state index contributed by atoms with van der Waals surface area (Å²) in [5.41, 5.74) is 1.61. The largest absolute Gasteiger partial charge is 0.497 e. The number of hydrogen-bond donors (Lipinski definition) is 1. The van der Waals surface area contributed by atoms with Gasteiger partial charge in [-0.05, 0) is 53.8 Å². The summed E-state index contributed by atoms with van der Waals surface area (Å²) in [7, 11) is 1.53. The third-order valence-electron chi connectivity index (χ3n) is 2.88. The molecule has 0 spiro atoms. The van der Waals surface area contributed by atoms with Crippen LogP contribution in [0.1, 0.15) is 18.5 Å². The van der Waals surface area contributed by atoms with Crippen molar-refractivity contribution in [3.63, 3.8) is 0 Å². The van der Waals surface area contributed by atoms with Gasteiger partial charge in [-0.25, -0.2) is 4.39 Å². The van der Waals surface area contributed by atoms with Gasteiger partial charge in [-0.3, -0.25) is 0 Å². The van der Waals surface area contributed by atoms with Crippen molar-refractivity contribution >= 4 is 28.3 Å². The molecule has 0 bridgehead atoms. The highest BCUT2D eigenvalue weighted by atomic mass is 127. The first-order valence-electron chi connectivity index (χ1n) is 5.95. The lowest BCUT2D eigenvalue weighted by atomic mass is 10.1. The highest BCUT2D eigenvalue weighted by Crippen LogP contribution is 2.25. The summed E-state index contributed by atoms with van der Waals surface area (Å²) in [5.74, 6) is 0.271. The number of nitrogens with one attached hydrogen (secondary N) is 1. The van der Waals surface area contributed by atoms with Gasteiger partial charge in [0, 0.05) is 20.9 Å². The second-order valence-electron chi connectivity index (χ2n) is 4.26. The molecule has 0 radical (unpaired) electrons. The topological polar surface area (TPSA) is 21.3 Å². The predicted molar refractivity (Wildman–Crippen MR) is 84.1 cm³/mol. The van der Waals surface area contributed by atoms with Crippen molar-refractivity contribution in [1.82, 2.24) is 0 Å². The maximum absolute atomic E-state index is 13.9. The molecule has 2 rings (SSSR count). The fourth-order valence-corrected chi connectivity index (χ4v) is 2.44. The van der Waals surface area contributed by atoms with Crippen molar-refractivity contribution in [2.75, 3.05) is 12.4 Å². The number of hydrogen-bond acceptors (Lipinski definition) is 2. The first kappa shape index (κ1) is 14.1. The lowest BCUT2D eigenvalue weighted by Gasteiger charge is -2.17. The number of rotatable bonds is 4. The van der Waals surface area contributed by atoms with Crippen LogP contribution < -0.4 is 10.1 Å². The molecule has 0 aliphatic heterocycles. The molecule has 0 aliphatic rings. The third-order valence-corrected chi connectivity index (χ3v) is 3.55. The van der Waals surface area contributed by atoms with Crippen molar-refractivity contribution in [3.05, 3.63) is 57.4 Å². The second kappa shape index (κ2) is 6.23. The standard InChI is InChI=1S/C15H15FINO/c1-10(18-12-5-3-4-11(17)8-12)14-7-6-13(19-2)9-15(14)16/h3-10,18H,1-2H3. The summed E-state index contributed by atoms with van der Waals surface area (Å²) < 4.78 is 20.1. The van der Waals surface area contributed by atoms with Crippen LogP contribution in [0.25, 0.3) is 0 Å². The fourth-order valence-electron chi connectivity index (χ4n) is 1.89. The van der Waals surface area contributed by atoms with E-state index in [4.69, 9.17) is 4.74 Å². The summed E-state index contributed by atoms with van der Waals surface area (Å²) in [6.45, 7) is 1.94. The third kappa shape index (κ3) is 3.59. The minimum atomic E-state index is -0.259. The minimum absolute atomic E-state index is 0.107. The average molecular weight is 371 g/mol. The van der Waals surface area contributed by atoms with Gasteiger partial charge in [0.25, 0.3) is 0 Å². The molecule has 2 aromatic carbocycles. The second-order valence-corrected chi connectivity index (χ2v) is 5.51. The van der Waals surface area contributed by atoms with E-state index in [1.807, 2.05) is 31.2 Å². The Morgan fingerprint density at radius 1 is 1.21 bits per heavy atom. The Hall–Kier alpha value is -1.30. The zero-order valence-electron chi connectivity index (χ0n) is 10.8. The van der Waals surface area contributed by atoms with E-state index in [0.717, 1.165) is 9.26 Å². The Morgan fingerprint density at radius 2 is 2.00 bits per heavy atom. The number of methoxy groups -OCH3 is 1. The van der Waals surface area contributed by atoms with Crippen molar-refractivity contribution in [2.45, 2.75) is 13.0 Å². The first-order valence-corrected chi connectivity index (χ1v) is 7.03. The quantitative estimate of drug-likeness (QED) is 0.793. The first-order chi connectivity index (χ1) is 9.10. The zero-order chi connectivity index (χ0) is 13.8. The monoisotopic (exact) mass is 371 g/mol. The number of ether oxygens (including phenoxy) is 1. The Bertz CT molecular complexity index is 574. The van der Waals surface area contributed by atoms with Crippen molar-refractivity contribution < 1.29 is 9.13 Å². The number of anilines is 1. The van der Waals surface area contributed by atoms with E-state index in [1.54, 1.807) is 12.1 Å². The van der Waals surface area contributed by atoms with Gasteiger partial charge < -0.3 is 10.1 Å². The van der Waals surface area contributed by atoms with Crippen molar-refractivity contribution in [3.8, 4) is 5.75 Å². The van der Waals surface area contributed by atoms with Crippen LogP contribution in [0.2, 0.25) is 0 Å². The lowest BCUT2D eigenvalue weighted by Crippen LogP contribution is -2.08. The molecule has 0 fully saturated rings. The maximum atomic E-state index is 13.9. The summed E-state index contributed by atoms with van der Waals surface area (Å²) in [5, 5.41) is 3.29. The Labute approximate surface area is 126 Å². The van der Waals surface area contributed by atoms with Crippen LogP contribution in [0, 0.1) is 9.39 Å². The molecule has 2 aromatic rings. The number of halogens is 2. The molecule has 0 amide bonds. The van der Waals surface area contributed by atoms with E-state index in [0.29, 0.717) is 11.3 Å². The smallest absolute Gasteiger partial charge is 0.132 e. The molecular weight excluding hydrogens is 356 g/mol. The van der Waals surface area contributed by atoms with Crippen molar-refractivity contribution in [1.29, 1.82) is 0 Å². The van der Waals surface area contributed by atoms with Crippen LogP contribution >= 0.6 is 22.6 Å². The van der Waals surface area contributed by atoms with Gasteiger partial charge in [0.05, 0.1) is 13.2 Å². The Kier molecular flexibility index (Phi) is 4.63. The van der Waals surface area contributed by atoms with E-state index in [9.17, 15) is 4.39 Å². The molecule has 0 saturated carbocycles. The van der Waals surface area contributed by atoms with Gasteiger partial charge in [0.15, 0.2) is 0 Å². The van der Waals surface area contributed by atoms with Crippen LogP contribution in [0.15, 0.2) is 42.5 Å². The van der Waals surface area contributed by atoms with Gasteiger partial charge >= 0.3 is 0 Å². The molecule has 0 saturated heterocycles. The van der Waals surface area contributed by atoms with E-state index >= 15 is 0 Å². The molecule has 100 valence electrons. The average Bonchev–Trinajstić information content (AvgIpc) is 2.38. The van der Waals surface area contributed by atoms with Crippen LogP contribution in [0.5, 0.6) is 5.75 Å². The molecule has 1 N–H and O–H groups in total. The molecule has 1 atom stereocenters. The van der Waals surface area contributed by atoms with Gasteiger partial charge in [-0.1, -0.05) is 12.1 Å². The summed E-state index contributed by atoms with van der Waals surface area (Å²) in [6.07, 6.45) is 0. The Morgan fingerprint density at radius 3 is 2.63 bits per heavy atom. The van der Waals surface area contributed by atoms with E-state index in [1.165, 1.54) is 13.2 Å². The molecule has 0 aromatic heterocycles. The van der Waals surface area contributed by atoms with Gasteiger partial charge in [-0.2, -0.15) is 0 Å². The van der Waals surface area contributed by atoms with Gasteiger partial charge in [0.2, 0.25) is 0 Å².